The summed E-state index contributed by atoms with van der Waals surface area (Å²) in [6.07, 6.45) is 3.56. The number of carbonyl (C=O) groups is 1. The van der Waals surface area contributed by atoms with E-state index in [9.17, 15) is 14.9 Å². The van der Waals surface area contributed by atoms with Gasteiger partial charge in [0.15, 0.2) is 0 Å². The van der Waals surface area contributed by atoms with E-state index in [1.165, 1.54) is 4.90 Å². The molecule has 2 aromatic rings. The Bertz CT molecular complexity index is 908. The minimum Gasteiger partial charge on any atom is -0.449 e. The number of amides is 1. The van der Waals surface area contributed by atoms with Crippen molar-refractivity contribution >= 4 is 44.7 Å². The molecule has 148 valence electrons. The predicted octanol–water partition coefficient (Wildman–Crippen LogP) is 2.60. The van der Waals surface area contributed by atoms with Gasteiger partial charge >= 0.3 is 6.09 Å². The average Bonchev–Trinajstić information content (AvgIpc) is 3.15. The topological polar surface area (TPSA) is 132 Å². The second-order valence-electron chi connectivity index (χ2n) is 5.71. The van der Waals surface area contributed by atoms with Crippen molar-refractivity contribution in [2.24, 2.45) is 4.99 Å². The Morgan fingerprint density at radius 1 is 1.29 bits per heavy atom. The van der Waals surface area contributed by atoms with Gasteiger partial charge in [0.1, 0.15) is 5.52 Å². The molecule has 1 aromatic carbocycles. The van der Waals surface area contributed by atoms with Gasteiger partial charge in [0.25, 0.3) is 5.09 Å². The number of hydrogen-bond donors (Lipinski definition) is 1. The van der Waals surface area contributed by atoms with Crippen LogP contribution >= 0.6 is 15.9 Å². The van der Waals surface area contributed by atoms with E-state index < -0.39 is 11.2 Å². The molecular weight excluding hydrogens is 436 g/mol. The Morgan fingerprint density at radius 3 is 2.89 bits per heavy atom. The van der Waals surface area contributed by atoms with Gasteiger partial charge in [-0.25, -0.2) is 9.69 Å². The summed E-state index contributed by atoms with van der Waals surface area (Å²) in [4.78, 5) is 40.8. The van der Waals surface area contributed by atoms with Crippen LogP contribution in [0.5, 0.6) is 0 Å². The van der Waals surface area contributed by atoms with Crippen molar-refractivity contribution in [3.8, 4) is 0 Å². The summed E-state index contributed by atoms with van der Waals surface area (Å²) in [5, 5.41) is 12.3. The fourth-order valence-electron chi connectivity index (χ4n) is 2.53. The normalized spacial score (nSPS) is 13.3. The molecule has 3 rings (SSSR count). The van der Waals surface area contributed by atoms with Crippen LogP contribution < -0.4 is 5.32 Å². The Labute approximate surface area is 168 Å². The Kier molecular flexibility index (Phi) is 6.53. The fourth-order valence-corrected chi connectivity index (χ4v) is 3.07. The third kappa shape index (κ3) is 4.82. The molecule has 2 heterocycles. The summed E-state index contributed by atoms with van der Waals surface area (Å²) in [6, 6.07) is 3.64. The zero-order valence-corrected chi connectivity index (χ0v) is 16.3. The molecule has 1 aliphatic rings. The highest BCUT2D eigenvalue weighted by Gasteiger charge is 2.26. The third-order valence-corrected chi connectivity index (χ3v) is 4.65. The van der Waals surface area contributed by atoms with Crippen LogP contribution in [0.2, 0.25) is 0 Å². The number of aliphatic imine (C=N–C) groups is 1. The molecule has 0 saturated heterocycles. The van der Waals surface area contributed by atoms with Crippen molar-refractivity contribution < 1.29 is 19.5 Å². The van der Waals surface area contributed by atoms with E-state index in [0.717, 1.165) is 5.52 Å². The zero-order chi connectivity index (χ0) is 19.9. The van der Waals surface area contributed by atoms with Crippen LogP contribution in [-0.2, 0) is 9.57 Å². The van der Waals surface area contributed by atoms with E-state index in [0.29, 0.717) is 47.6 Å². The molecule has 11 nitrogen and oxygen atoms in total. The molecule has 1 aromatic heterocycles. The van der Waals surface area contributed by atoms with E-state index in [1.54, 1.807) is 12.4 Å². The Morgan fingerprint density at radius 2 is 2.07 bits per heavy atom. The molecule has 1 N–H and O–H groups in total. The number of fused-ring (bicyclic) bond motifs is 1. The lowest BCUT2D eigenvalue weighted by Crippen LogP contribution is -2.39. The predicted molar refractivity (Wildman–Crippen MR) is 103 cm³/mol. The van der Waals surface area contributed by atoms with E-state index in [-0.39, 0.29) is 13.2 Å². The van der Waals surface area contributed by atoms with Gasteiger partial charge < -0.3 is 14.9 Å². The van der Waals surface area contributed by atoms with E-state index in [2.05, 4.69) is 41.0 Å². The Hall–Kier alpha value is -3.02. The summed E-state index contributed by atoms with van der Waals surface area (Å²) >= 11 is 3.51. The van der Waals surface area contributed by atoms with Crippen molar-refractivity contribution in [3.63, 3.8) is 0 Å². The molecule has 1 amide bonds. The molecule has 1 aliphatic heterocycles. The van der Waals surface area contributed by atoms with Crippen molar-refractivity contribution in [2.75, 3.05) is 31.6 Å². The first-order valence-corrected chi connectivity index (χ1v) is 9.28. The lowest BCUT2D eigenvalue weighted by molar-refractivity contribution is -0.757. The number of anilines is 1. The van der Waals surface area contributed by atoms with Crippen LogP contribution in [-0.4, -0.2) is 58.3 Å². The van der Waals surface area contributed by atoms with Crippen LogP contribution in [0.25, 0.3) is 11.0 Å². The van der Waals surface area contributed by atoms with E-state index in [1.807, 2.05) is 12.1 Å². The molecule has 0 saturated carbocycles. The van der Waals surface area contributed by atoms with Crippen LogP contribution in [0, 0.1) is 10.1 Å². The highest BCUT2D eigenvalue weighted by atomic mass is 79.9. The number of hydrogen-bond acceptors (Lipinski definition) is 9. The van der Waals surface area contributed by atoms with Crippen LogP contribution in [0.1, 0.15) is 12.8 Å². The molecule has 28 heavy (non-hydrogen) atoms. The van der Waals surface area contributed by atoms with Crippen LogP contribution in [0.3, 0.4) is 0 Å². The number of guanidine groups is 1. The summed E-state index contributed by atoms with van der Waals surface area (Å²) in [5.74, 6) is 0.380. The standard InChI is InChI=1S/C16H17BrN6O5/c17-13-11(3-4-12-14(13)19-6-5-18-12)21-15-20-7-8-22(15)16(24)27-9-1-2-10-28-23(25)26/h3-6H,1-2,7-10H2,(H,20,21). The van der Waals surface area contributed by atoms with Gasteiger partial charge in [-0.3, -0.25) is 15.0 Å². The number of unbranched alkanes of at least 4 members (excludes halogenated alkanes) is 1. The maximum absolute atomic E-state index is 12.3. The van der Waals surface area contributed by atoms with E-state index >= 15 is 0 Å². The maximum Gasteiger partial charge on any atom is 0.416 e. The first-order valence-electron chi connectivity index (χ1n) is 8.48. The average molecular weight is 453 g/mol. The smallest absolute Gasteiger partial charge is 0.416 e. The number of nitrogens with zero attached hydrogens (tertiary/aromatic N) is 5. The Balaban J connectivity index is 1.55. The molecule has 0 atom stereocenters. The number of carbonyl (C=O) groups excluding carboxylic acids is 1. The van der Waals surface area contributed by atoms with Gasteiger partial charge in [0, 0.05) is 12.4 Å². The lowest BCUT2D eigenvalue weighted by Gasteiger charge is -2.19. The minimum absolute atomic E-state index is 0.0264. The van der Waals surface area contributed by atoms with Crippen molar-refractivity contribution in [1.82, 2.24) is 14.9 Å². The summed E-state index contributed by atoms with van der Waals surface area (Å²) in [6.45, 7) is 0.968. The number of nitrogens with one attached hydrogen (secondary N) is 1. The van der Waals surface area contributed by atoms with Gasteiger partial charge in [-0.2, -0.15) is 0 Å². The molecule has 0 bridgehead atoms. The largest absolute Gasteiger partial charge is 0.449 e. The quantitative estimate of drug-likeness (QED) is 0.385. The molecule has 0 radical (unpaired) electrons. The van der Waals surface area contributed by atoms with Crippen LogP contribution in [0.15, 0.2) is 34.0 Å². The zero-order valence-electron chi connectivity index (χ0n) is 14.7. The van der Waals surface area contributed by atoms with Gasteiger partial charge in [0.2, 0.25) is 5.96 Å². The van der Waals surface area contributed by atoms with Gasteiger partial charge in [-0.1, -0.05) is 0 Å². The van der Waals surface area contributed by atoms with Gasteiger partial charge in [0.05, 0.1) is 42.0 Å². The molecule has 0 unspecified atom stereocenters. The minimum atomic E-state index is -0.846. The maximum atomic E-state index is 12.3. The molecule has 0 fully saturated rings. The van der Waals surface area contributed by atoms with Crippen molar-refractivity contribution in [2.45, 2.75) is 12.8 Å². The summed E-state index contributed by atoms with van der Waals surface area (Å²) in [7, 11) is 0. The van der Waals surface area contributed by atoms with Gasteiger partial charge in [-0.15, -0.1) is 10.1 Å². The number of benzene rings is 1. The highest BCUT2D eigenvalue weighted by molar-refractivity contribution is 9.10. The first-order chi connectivity index (χ1) is 13.6. The molecule has 0 aliphatic carbocycles. The van der Waals surface area contributed by atoms with Crippen LogP contribution in [0.4, 0.5) is 10.5 Å². The highest BCUT2D eigenvalue weighted by Crippen LogP contribution is 2.29. The number of ether oxygens (including phenoxy) is 1. The monoisotopic (exact) mass is 452 g/mol. The molecular formula is C16H17BrN6O5. The van der Waals surface area contributed by atoms with Crippen molar-refractivity contribution in [1.29, 1.82) is 0 Å². The summed E-state index contributed by atoms with van der Waals surface area (Å²) in [5.41, 5.74) is 2.13. The fraction of sp³-hybridized carbons (Fsp3) is 0.375. The first kappa shape index (κ1) is 19.7. The van der Waals surface area contributed by atoms with Crippen molar-refractivity contribution in [3.05, 3.63) is 39.1 Å². The number of aromatic nitrogens is 2. The van der Waals surface area contributed by atoms with E-state index in [4.69, 9.17) is 4.74 Å². The number of halogens is 1. The summed E-state index contributed by atoms with van der Waals surface area (Å²) < 4.78 is 5.92. The lowest BCUT2D eigenvalue weighted by atomic mass is 10.2. The molecule has 0 spiro atoms. The second-order valence-corrected chi connectivity index (χ2v) is 6.50. The number of rotatable bonds is 7. The van der Waals surface area contributed by atoms with Gasteiger partial charge in [-0.05, 0) is 40.9 Å². The SMILES string of the molecule is O=C(OCCCCO[N+](=O)[O-])N1CCN=C1Nc1ccc2nccnc2c1Br. The second kappa shape index (κ2) is 9.26. The third-order valence-electron chi connectivity index (χ3n) is 3.85. The molecule has 12 heteroatoms.